The first-order valence-electron chi connectivity index (χ1n) is 9.48. The molecule has 1 heterocycles. The molecule has 1 amide bonds. The molecule has 0 radical (unpaired) electrons. The van der Waals surface area contributed by atoms with E-state index in [9.17, 15) is 4.79 Å². The molecule has 0 saturated heterocycles. The van der Waals surface area contributed by atoms with Gasteiger partial charge in [-0.25, -0.2) is 9.78 Å². The standard InChI is InChI=1S/C18H35N7O2/c1-8-11-25(17(26)27-18(3,4)5)12-10-20-16(19-9-2)23(6)13-15-21-14-22-24(15)7/h14H,8-13H2,1-7H3,(H,19,20). The van der Waals surface area contributed by atoms with Gasteiger partial charge >= 0.3 is 6.09 Å². The van der Waals surface area contributed by atoms with Gasteiger partial charge in [-0.05, 0) is 34.1 Å². The van der Waals surface area contributed by atoms with Crippen LogP contribution in [0.3, 0.4) is 0 Å². The van der Waals surface area contributed by atoms with Crippen molar-refractivity contribution in [2.24, 2.45) is 12.0 Å². The van der Waals surface area contributed by atoms with Crippen molar-refractivity contribution < 1.29 is 9.53 Å². The maximum atomic E-state index is 12.3. The first-order valence-corrected chi connectivity index (χ1v) is 9.48. The summed E-state index contributed by atoms with van der Waals surface area (Å²) in [6, 6.07) is 0. The lowest BCUT2D eigenvalue weighted by Crippen LogP contribution is -2.41. The van der Waals surface area contributed by atoms with Crippen LogP contribution < -0.4 is 5.32 Å². The van der Waals surface area contributed by atoms with Crippen molar-refractivity contribution in [3.8, 4) is 0 Å². The number of hydrogen-bond acceptors (Lipinski definition) is 5. The third kappa shape index (κ3) is 8.27. The van der Waals surface area contributed by atoms with E-state index in [0.29, 0.717) is 26.2 Å². The van der Waals surface area contributed by atoms with Gasteiger partial charge in [0.2, 0.25) is 0 Å². The van der Waals surface area contributed by atoms with E-state index in [-0.39, 0.29) is 6.09 Å². The number of guanidine groups is 1. The summed E-state index contributed by atoms with van der Waals surface area (Å²) in [6.07, 6.45) is 2.11. The smallest absolute Gasteiger partial charge is 0.410 e. The highest BCUT2D eigenvalue weighted by atomic mass is 16.6. The number of carbonyl (C=O) groups is 1. The number of amides is 1. The van der Waals surface area contributed by atoms with Crippen LogP contribution >= 0.6 is 0 Å². The summed E-state index contributed by atoms with van der Waals surface area (Å²) in [5.41, 5.74) is -0.502. The Morgan fingerprint density at radius 2 is 2.04 bits per heavy atom. The van der Waals surface area contributed by atoms with E-state index in [0.717, 1.165) is 24.7 Å². The molecule has 0 unspecified atom stereocenters. The molecule has 27 heavy (non-hydrogen) atoms. The molecule has 1 aromatic heterocycles. The van der Waals surface area contributed by atoms with E-state index in [1.807, 2.05) is 53.6 Å². The van der Waals surface area contributed by atoms with Crippen molar-refractivity contribution >= 4 is 12.1 Å². The van der Waals surface area contributed by atoms with Crippen LogP contribution in [0.2, 0.25) is 0 Å². The first-order chi connectivity index (χ1) is 12.7. The van der Waals surface area contributed by atoms with Gasteiger partial charge in [-0.2, -0.15) is 5.10 Å². The van der Waals surface area contributed by atoms with Crippen molar-refractivity contribution in [3.05, 3.63) is 12.2 Å². The third-order valence-corrected chi connectivity index (χ3v) is 3.66. The minimum Gasteiger partial charge on any atom is -0.444 e. The zero-order valence-electron chi connectivity index (χ0n) is 17.8. The summed E-state index contributed by atoms with van der Waals surface area (Å²) in [6.45, 7) is 12.7. The van der Waals surface area contributed by atoms with Gasteiger partial charge in [0.25, 0.3) is 0 Å². The monoisotopic (exact) mass is 381 g/mol. The van der Waals surface area contributed by atoms with E-state index in [1.165, 1.54) is 6.33 Å². The number of aromatic nitrogens is 3. The Hall–Kier alpha value is -2.32. The molecular weight excluding hydrogens is 346 g/mol. The van der Waals surface area contributed by atoms with Crippen LogP contribution in [0.5, 0.6) is 0 Å². The van der Waals surface area contributed by atoms with Gasteiger partial charge in [-0.15, -0.1) is 0 Å². The van der Waals surface area contributed by atoms with E-state index in [2.05, 4.69) is 20.4 Å². The van der Waals surface area contributed by atoms with E-state index in [4.69, 9.17) is 4.74 Å². The Labute approximate surface area is 162 Å². The topological polar surface area (TPSA) is 87.9 Å². The fraction of sp³-hybridized carbons (Fsp3) is 0.778. The number of hydrogen-bond donors (Lipinski definition) is 1. The van der Waals surface area contributed by atoms with Crippen LogP contribution in [0.15, 0.2) is 11.3 Å². The molecule has 1 rings (SSSR count). The Balaban J connectivity index is 2.71. The van der Waals surface area contributed by atoms with Crippen molar-refractivity contribution in [3.63, 3.8) is 0 Å². The zero-order valence-corrected chi connectivity index (χ0v) is 17.8. The molecule has 0 bridgehead atoms. The van der Waals surface area contributed by atoms with Crippen LogP contribution in [0.1, 0.15) is 46.9 Å². The number of aliphatic imine (C=N–C) groups is 1. The van der Waals surface area contributed by atoms with Gasteiger partial charge < -0.3 is 19.9 Å². The predicted molar refractivity (Wildman–Crippen MR) is 107 cm³/mol. The molecule has 0 aliphatic heterocycles. The lowest BCUT2D eigenvalue weighted by atomic mass is 10.2. The number of carbonyl (C=O) groups excluding carboxylic acids is 1. The third-order valence-electron chi connectivity index (χ3n) is 3.66. The van der Waals surface area contributed by atoms with E-state index < -0.39 is 5.60 Å². The molecule has 0 spiro atoms. The van der Waals surface area contributed by atoms with Crippen LogP contribution in [0, 0.1) is 0 Å². The molecule has 0 aromatic carbocycles. The predicted octanol–water partition coefficient (Wildman–Crippen LogP) is 1.86. The summed E-state index contributed by atoms with van der Waals surface area (Å²) in [7, 11) is 3.82. The highest BCUT2D eigenvalue weighted by Crippen LogP contribution is 2.10. The molecule has 9 heteroatoms. The molecule has 1 N–H and O–H groups in total. The number of nitrogens with zero attached hydrogens (tertiary/aromatic N) is 6. The molecule has 154 valence electrons. The Morgan fingerprint density at radius 3 is 2.56 bits per heavy atom. The van der Waals surface area contributed by atoms with Crippen LogP contribution in [0.25, 0.3) is 0 Å². The second kappa shape index (κ2) is 10.7. The van der Waals surface area contributed by atoms with E-state index in [1.54, 1.807) is 9.58 Å². The molecule has 0 atom stereocenters. The highest BCUT2D eigenvalue weighted by molar-refractivity contribution is 5.79. The lowest BCUT2D eigenvalue weighted by Gasteiger charge is -2.27. The first kappa shape index (κ1) is 22.7. The summed E-state index contributed by atoms with van der Waals surface area (Å²) < 4.78 is 7.22. The molecular formula is C18H35N7O2. The SMILES string of the molecule is CCCN(CCN=C(NCC)N(C)Cc1ncnn1C)C(=O)OC(C)(C)C. The minimum atomic E-state index is -0.502. The molecule has 0 fully saturated rings. The zero-order chi connectivity index (χ0) is 20.4. The second-order valence-corrected chi connectivity index (χ2v) is 7.36. The molecule has 1 aromatic rings. The van der Waals surface area contributed by atoms with Gasteiger partial charge in [0.15, 0.2) is 5.96 Å². The van der Waals surface area contributed by atoms with Crippen molar-refractivity contribution in [1.82, 2.24) is 29.9 Å². The van der Waals surface area contributed by atoms with Crippen molar-refractivity contribution in [2.75, 3.05) is 33.2 Å². The number of nitrogens with one attached hydrogen (secondary N) is 1. The maximum Gasteiger partial charge on any atom is 0.410 e. The molecule has 0 aliphatic rings. The van der Waals surface area contributed by atoms with Gasteiger partial charge in [0.05, 0.1) is 13.1 Å². The molecule has 0 aliphatic carbocycles. The lowest BCUT2D eigenvalue weighted by molar-refractivity contribution is 0.0256. The van der Waals surface area contributed by atoms with Crippen molar-refractivity contribution in [1.29, 1.82) is 0 Å². The maximum absolute atomic E-state index is 12.3. The van der Waals surface area contributed by atoms with Gasteiger partial charge in [-0.1, -0.05) is 6.92 Å². The quantitative estimate of drug-likeness (QED) is 0.546. The summed E-state index contributed by atoms with van der Waals surface area (Å²) >= 11 is 0. The Kier molecular flexibility index (Phi) is 9.04. The summed E-state index contributed by atoms with van der Waals surface area (Å²) in [5, 5.41) is 7.36. The Bertz CT molecular complexity index is 607. The van der Waals surface area contributed by atoms with Crippen molar-refractivity contribution in [2.45, 2.75) is 53.2 Å². The number of rotatable bonds is 8. The average molecular weight is 382 g/mol. The molecule has 0 saturated carbocycles. The van der Waals surface area contributed by atoms with Crippen LogP contribution in [-0.2, 0) is 18.3 Å². The summed E-state index contributed by atoms with van der Waals surface area (Å²) in [4.78, 5) is 24.9. The fourth-order valence-electron chi connectivity index (χ4n) is 2.39. The summed E-state index contributed by atoms with van der Waals surface area (Å²) in [5.74, 6) is 1.62. The highest BCUT2D eigenvalue weighted by Gasteiger charge is 2.21. The molecule has 9 nitrogen and oxygen atoms in total. The second-order valence-electron chi connectivity index (χ2n) is 7.36. The average Bonchev–Trinajstić information content (AvgIpc) is 2.96. The number of ether oxygens (including phenoxy) is 1. The largest absolute Gasteiger partial charge is 0.444 e. The minimum absolute atomic E-state index is 0.294. The van der Waals surface area contributed by atoms with E-state index >= 15 is 0 Å². The van der Waals surface area contributed by atoms with Crippen LogP contribution in [0.4, 0.5) is 4.79 Å². The fourth-order valence-corrected chi connectivity index (χ4v) is 2.39. The number of aryl methyl sites for hydroxylation is 1. The van der Waals surface area contributed by atoms with Crippen LogP contribution in [-0.4, -0.2) is 75.4 Å². The normalized spacial score (nSPS) is 12.0. The van der Waals surface area contributed by atoms with Gasteiger partial charge in [0.1, 0.15) is 17.8 Å². The Morgan fingerprint density at radius 1 is 1.33 bits per heavy atom. The van der Waals surface area contributed by atoms with Gasteiger partial charge in [-0.3, -0.25) is 9.67 Å². The van der Waals surface area contributed by atoms with Gasteiger partial charge in [0, 0.05) is 33.7 Å².